The summed E-state index contributed by atoms with van der Waals surface area (Å²) in [6.45, 7) is 2.43. The molecule has 1 aliphatic rings. The van der Waals surface area contributed by atoms with E-state index in [0.29, 0.717) is 30.1 Å². The SMILES string of the molecule is CCOC1CC1C(=O)NC(CC(=O)O)c1ccc(OC)cc1OC. The number of carbonyl (C=O) groups excluding carboxylic acids is 1. The molecule has 1 aromatic carbocycles. The summed E-state index contributed by atoms with van der Waals surface area (Å²) < 4.78 is 15.9. The fourth-order valence-corrected chi connectivity index (χ4v) is 2.64. The zero-order valence-corrected chi connectivity index (χ0v) is 14.1. The van der Waals surface area contributed by atoms with Gasteiger partial charge in [0.1, 0.15) is 11.5 Å². The van der Waals surface area contributed by atoms with Gasteiger partial charge in [-0.2, -0.15) is 0 Å². The number of aliphatic carboxylic acids is 1. The molecular weight excluding hydrogens is 314 g/mol. The standard InChI is InChI=1S/C17H23NO6/c1-4-24-15-8-12(15)17(21)18-13(9-16(19)20)11-6-5-10(22-2)7-14(11)23-3/h5-7,12-13,15H,4,8-9H2,1-3H3,(H,18,21)(H,19,20). The van der Waals surface area contributed by atoms with E-state index in [9.17, 15) is 14.7 Å². The maximum atomic E-state index is 12.3. The number of hydrogen-bond donors (Lipinski definition) is 2. The Morgan fingerprint density at radius 3 is 2.67 bits per heavy atom. The van der Waals surface area contributed by atoms with E-state index in [-0.39, 0.29) is 24.3 Å². The first-order chi connectivity index (χ1) is 11.5. The number of hydrogen-bond acceptors (Lipinski definition) is 5. The van der Waals surface area contributed by atoms with Crippen LogP contribution in [0.4, 0.5) is 0 Å². The van der Waals surface area contributed by atoms with Gasteiger partial charge in [0.25, 0.3) is 0 Å². The van der Waals surface area contributed by atoms with Crippen LogP contribution in [0.25, 0.3) is 0 Å². The monoisotopic (exact) mass is 337 g/mol. The Balaban J connectivity index is 2.16. The van der Waals surface area contributed by atoms with E-state index < -0.39 is 12.0 Å². The molecular formula is C17H23NO6. The third-order valence-corrected chi connectivity index (χ3v) is 3.96. The molecule has 1 saturated carbocycles. The van der Waals surface area contributed by atoms with Crippen LogP contribution in [0.5, 0.6) is 11.5 Å². The van der Waals surface area contributed by atoms with Gasteiger partial charge in [-0.05, 0) is 25.5 Å². The smallest absolute Gasteiger partial charge is 0.305 e. The molecule has 24 heavy (non-hydrogen) atoms. The van der Waals surface area contributed by atoms with Crippen LogP contribution in [-0.2, 0) is 14.3 Å². The second-order valence-electron chi connectivity index (χ2n) is 5.60. The number of carboxylic acid groups (broad SMARTS) is 1. The molecule has 0 radical (unpaired) electrons. The lowest BCUT2D eigenvalue weighted by Gasteiger charge is -2.20. The van der Waals surface area contributed by atoms with Crippen molar-refractivity contribution < 1.29 is 28.9 Å². The highest BCUT2D eigenvalue weighted by Crippen LogP contribution is 2.36. The molecule has 2 N–H and O–H groups in total. The summed E-state index contributed by atoms with van der Waals surface area (Å²) in [5.41, 5.74) is 0.600. The predicted octanol–water partition coefficient (Wildman–Crippen LogP) is 1.76. The third kappa shape index (κ3) is 4.38. The Kier molecular flexibility index (Phi) is 6.03. The molecule has 132 valence electrons. The van der Waals surface area contributed by atoms with Gasteiger partial charge >= 0.3 is 5.97 Å². The van der Waals surface area contributed by atoms with Crippen LogP contribution in [0.2, 0.25) is 0 Å². The highest BCUT2D eigenvalue weighted by molar-refractivity contribution is 5.83. The van der Waals surface area contributed by atoms with Gasteiger partial charge in [-0.25, -0.2) is 0 Å². The molecule has 3 atom stereocenters. The lowest BCUT2D eigenvalue weighted by molar-refractivity contribution is -0.137. The summed E-state index contributed by atoms with van der Waals surface area (Å²) in [6.07, 6.45) is 0.359. The fraction of sp³-hybridized carbons (Fsp3) is 0.529. The number of carboxylic acids is 1. The van der Waals surface area contributed by atoms with Crippen molar-refractivity contribution in [2.75, 3.05) is 20.8 Å². The molecule has 1 aliphatic carbocycles. The summed E-state index contributed by atoms with van der Waals surface area (Å²) in [5.74, 6) is -0.356. The lowest BCUT2D eigenvalue weighted by atomic mass is 10.0. The largest absolute Gasteiger partial charge is 0.497 e. The molecule has 0 saturated heterocycles. The predicted molar refractivity (Wildman–Crippen MR) is 86.2 cm³/mol. The summed E-state index contributed by atoms with van der Waals surface area (Å²) in [5, 5.41) is 12.0. The molecule has 0 spiro atoms. The zero-order valence-electron chi connectivity index (χ0n) is 14.1. The Morgan fingerprint density at radius 1 is 1.33 bits per heavy atom. The molecule has 0 heterocycles. The van der Waals surface area contributed by atoms with Crippen LogP contribution >= 0.6 is 0 Å². The van der Waals surface area contributed by atoms with Gasteiger partial charge in [0.15, 0.2) is 0 Å². The summed E-state index contributed by atoms with van der Waals surface area (Å²) in [6, 6.07) is 4.40. The van der Waals surface area contributed by atoms with Gasteiger partial charge in [-0.3, -0.25) is 9.59 Å². The fourth-order valence-electron chi connectivity index (χ4n) is 2.64. The second-order valence-corrected chi connectivity index (χ2v) is 5.60. The number of amides is 1. The molecule has 3 unspecified atom stereocenters. The van der Waals surface area contributed by atoms with E-state index in [0.717, 1.165) is 0 Å². The molecule has 7 heteroatoms. The Labute approximate surface area is 140 Å². The van der Waals surface area contributed by atoms with Gasteiger partial charge < -0.3 is 24.6 Å². The summed E-state index contributed by atoms with van der Waals surface area (Å²) in [7, 11) is 3.02. The van der Waals surface area contributed by atoms with Gasteiger partial charge in [0.2, 0.25) is 5.91 Å². The van der Waals surface area contributed by atoms with Crippen molar-refractivity contribution in [3.05, 3.63) is 23.8 Å². The maximum absolute atomic E-state index is 12.3. The number of carbonyl (C=O) groups is 2. The van der Waals surface area contributed by atoms with Crippen molar-refractivity contribution in [3.63, 3.8) is 0 Å². The molecule has 7 nitrogen and oxygen atoms in total. The number of nitrogens with one attached hydrogen (secondary N) is 1. The summed E-state index contributed by atoms with van der Waals surface area (Å²) >= 11 is 0. The number of ether oxygens (including phenoxy) is 3. The quantitative estimate of drug-likeness (QED) is 0.713. The minimum Gasteiger partial charge on any atom is -0.497 e. The zero-order chi connectivity index (χ0) is 17.7. The normalized spacial score (nSPS) is 20.1. The lowest BCUT2D eigenvalue weighted by Crippen LogP contribution is -2.32. The first kappa shape index (κ1) is 18.1. The van der Waals surface area contributed by atoms with E-state index in [1.165, 1.54) is 14.2 Å². The Hall–Kier alpha value is -2.28. The molecule has 0 aromatic heterocycles. The van der Waals surface area contributed by atoms with Crippen molar-refractivity contribution in [1.82, 2.24) is 5.32 Å². The van der Waals surface area contributed by atoms with Crippen LogP contribution in [0.15, 0.2) is 18.2 Å². The average Bonchev–Trinajstić information content (AvgIpc) is 3.33. The van der Waals surface area contributed by atoms with Gasteiger partial charge in [-0.15, -0.1) is 0 Å². The molecule has 0 aliphatic heterocycles. The highest BCUT2D eigenvalue weighted by atomic mass is 16.5. The number of benzene rings is 1. The van der Waals surface area contributed by atoms with E-state index in [2.05, 4.69) is 5.32 Å². The summed E-state index contributed by atoms with van der Waals surface area (Å²) in [4.78, 5) is 23.5. The van der Waals surface area contributed by atoms with E-state index in [1.807, 2.05) is 6.92 Å². The second kappa shape index (κ2) is 8.01. The molecule has 2 rings (SSSR count). The van der Waals surface area contributed by atoms with E-state index in [4.69, 9.17) is 14.2 Å². The minimum atomic E-state index is -1.00. The van der Waals surface area contributed by atoms with Crippen LogP contribution in [-0.4, -0.2) is 43.9 Å². The maximum Gasteiger partial charge on any atom is 0.305 e. The van der Waals surface area contributed by atoms with Crippen LogP contribution in [0.1, 0.15) is 31.4 Å². The van der Waals surface area contributed by atoms with E-state index in [1.54, 1.807) is 18.2 Å². The van der Waals surface area contributed by atoms with Crippen LogP contribution in [0, 0.1) is 5.92 Å². The van der Waals surface area contributed by atoms with Gasteiger partial charge in [-0.1, -0.05) is 0 Å². The van der Waals surface area contributed by atoms with Crippen LogP contribution in [0.3, 0.4) is 0 Å². The first-order valence-electron chi connectivity index (χ1n) is 7.85. The molecule has 1 aromatic rings. The van der Waals surface area contributed by atoms with E-state index >= 15 is 0 Å². The molecule has 1 fully saturated rings. The Bertz CT molecular complexity index is 603. The first-order valence-corrected chi connectivity index (χ1v) is 7.85. The topological polar surface area (TPSA) is 94.1 Å². The van der Waals surface area contributed by atoms with Crippen molar-refractivity contribution in [1.29, 1.82) is 0 Å². The Morgan fingerprint density at radius 2 is 2.08 bits per heavy atom. The van der Waals surface area contributed by atoms with Crippen LogP contribution < -0.4 is 14.8 Å². The third-order valence-electron chi connectivity index (χ3n) is 3.96. The highest BCUT2D eigenvalue weighted by Gasteiger charge is 2.44. The average molecular weight is 337 g/mol. The molecule has 0 bridgehead atoms. The minimum absolute atomic E-state index is 0.0711. The van der Waals surface area contributed by atoms with Gasteiger partial charge in [0, 0.05) is 18.2 Å². The van der Waals surface area contributed by atoms with Crippen molar-refractivity contribution in [3.8, 4) is 11.5 Å². The van der Waals surface area contributed by atoms with Gasteiger partial charge in [0.05, 0.1) is 38.7 Å². The number of rotatable bonds is 9. The van der Waals surface area contributed by atoms with Crippen molar-refractivity contribution in [2.45, 2.75) is 31.9 Å². The van der Waals surface area contributed by atoms with Crippen molar-refractivity contribution >= 4 is 11.9 Å². The molecule has 1 amide bonds. The number of methoxy groups -OCH3 is 2. The van der Waals surface area contributed by atoms with Crippen molar-refractivity contribution in [2.24, 2.45) is 5.92 Å².